The van der Waals surface area contributed by atoms with E-state index in [0.717, 1.165) is 24.3 Å². The van der Waals surface area contributed by atoms with Gasteiger partial charge in [-0.2, -0.15) is 0 Å². The summed E-state index contributed by atoms with van der Waals surface area (Å²) in [6.07, 6.45) is 0. The van der Waals surface area contributed by atoms with Crippen LogP contribution in [0.25, 0.3) is 0 Å². The third-order valence-electron chi connectivity index (χ3n) is 3.20. The van der Waals surface area contributed by atoms with Gasteiger partial charge in [-0.1, -0.05) is 18.2 Å². The van der Waals surface area contributed by atoms with Crippen molar-refractivity contribution in [3.8, 4) is 0 Å². The molecule has 2 N–H and O–H groups in total. The van der Waals surface area contributed by atoms with Crippen molar-refractivity contribution < 1.29 is 4.79 Å². The molecule has 2 rings (SSSR count). The first-order valence-corrected chi connectivity index (χ1v) is 5.93. The highest BCUT2D eigenvalue weighted by atomic mass is 16.2. The Morgan fingerprint density at radius 2 is 2.18 bits per heavy atom. The standard InChI is InChI=1S/C13H19N3O/c1-10-5-3-4-6-12(10)15-13(17)9-16(2)11-7-14-8-11/h3-6,11,14H,7-9H2,1-2H3,(H,15,17). The molecule has 1 amide bonds. The van der Waals surface area contributed by atoms with Crippen LogP contribution in [0.15, 0.2) is 24.3 Å². The Bertz CT molecular complexity index is 401. The maximum atomic E-state index is 11.8. The molecular weight excluding hydrogens is 214 g/mol. The van der Waals surface area contributed by atoms with Crippen LogP contribution >= 0.6 is 0 Å². The van der Waals surface area contributed by atoms with Gasteiger partial charge in [0.05, 0.1) is 6.54 Å². The second-order valence-corrected chi connectivity index (χ2v) is 4.59. The van der Waals surface area contributed by atoms with E-state index in [1.807, 2.05) is 38.2 Å². The molecule has 1 fully saturated rings. The van der Waals surface area contributed by atoms with Crippen LogP contribution in [0.4, 0.5) is 5.69 Å². The number of amides is 1. The molecule has 4 nitrogen and oxygen atoms in total. The zero-order valence-electron chi connectivity index (χ0n) is 10.4. The number of anilines is 1. The molecule has 4 heteroatoms. The van der Waals surface area contributed by atoms with Gasteiger partial charge in [0.1, 0.15) is 0 Å². The van der Waals surface area contributed by atoms with Crippen LogP contribution in [0.2, 0.25) is 0 Å². The lowest BCUT2D eigenvalue weighted by Crippen LogP contribution is -2.57. The molecule has 0 radical (unpaired) electrons. The lowest BCUT2D eigenvalue weighted by Gasteiger charge is -2.35. The van der Waals surface area contributed by atoms with Gasteiger partial charge in [-0.25, -0.2) is 0 Å². The Labute approximate surface area is 102 Å². The second-order valence-electron chi connectivity index (χ2n) is 4.59. The number of likely N-dealkylation sites (N-methyl/N-ethyl adjacent to an activating group) is 1. The van der Waals surface area contributed by atoms with Gasteiger partial charge in [-0.05, 0) is 25.6 Å². The van der Waals surface area contributed by atoms with Crippen molar-refractivity contribution in [1.29, 1.82) is 0 Å². The normalized spacial score (nSPS) is 15.7. The monoisotopic (exact) mass is 233 g/mol. The van der Waals surface area contributed by atoms with E-state index in [4.69, 9.17) is 0 Å². The van der Waals surface area contributed by atoms with Crippen LogP contribution in [-0.2, 0) is 4.79 Å². The van der Waals surface area contributed by atoms with Crippen LogP contribution in [0.3, 0.4) is 0 Å². The number of nitrogens with zero attached hydrogens (tertiary/aromatic N) is 1. The van der Waals surface area contributed by atoms with E-state index in [2.05, 4.69) is 15.5 Å². The molecule has 1 aliphatic rings. The molecule has 92 valence electrons. The van der Waals surface area contributed by atoms with Crippen LogP contribution in [0, 0.1) is 6.92 Å². The summed E-state index contributed by atoms with van der Waals surface area (Å²) in [7, 11) is 1.99. The fourth-order valence-corrected chi connectivity index (χ4v) is 1.84. The van der Waals surface area contributed by atoms with Gasteiger partial charge in [0.15, 0.2) is 0 Å². The van der Waals surface area contributed by atoms with E-state index in [1.54, 1.807) is 0 Å². The van der Waals surface area contributed by atoms with Gasteiger partial charge in [-0.15, -0.1) is 0 Å². The molecule has 1 aromatic rings. The van der Waals surface area contributed by atoms with E-state index in [-0.39, 0.29) is 5.91 Å². The number of benzene rings is 1. The molecule has 0 saturated carbocycles. The number of para-hydroxylation sites is 1. The summed E-state index contributed by atoms with van der Waals surface area (Å²) in [6, 6.07) is 8.32. The van der Waals surface area contributed by atoms with Gasteiger partial charge >= 0.3 is 0 Å². The Kier molecular flexibility index (Phi) is 3.76. The summed E-state index contributed by atoms with van der Waals surface area (Å²) in [5.74, 6) is 0.0497. The highest BCUT2D eigenvalue weighted by molar-refractivity contribution is 5.92. The molecule has 1 aromatic carbocycles. The van der Waals surface area contributed by atoms with Gasteiger partial charge < -0.3 is 10.6 Å². The maximum absolute atomic E-state index is 11.8. The van der Waals surface area contributed by atoms with Crippen molar-refractivity contribution in [2.24, 2.45) is 0 Å². The average molecular weight is 233 g/mol. The first kappa shape index (κ1) is 12.1. The first-order valence-electron chi connectivity index (χ1n) is 5.93. The molecule has 1 heterocycles. The van der Waals surface area contributed by atoms with Crippen LogP contribution < -0.4 is 10.6 Å². The van der Waals surface area contributed by atoms with Gasteiger partial charge in [0.2, 0.25) is 5.91 Å². The van der Waals surface area contributed by atoms with Crippen LogP contribution in [-0.4, -0.2) is 43.5 Å². The van der Waals surface area contributed by atoms with Crippen molar-refractivity contribution in [2.75, 3.05) is 32.0 Å². The molecule has 0 spiro atoms. The molecule has 0 atom stereocenters. The highest BCUT2D eigenvalue weighted by Crippen LogP contribution is 2.13. The highest BCUT2D eigenvalue weighted by Gasteiger charge is 2.22. The SMILES string of the molecule is Cc1ccccc1NC(=O)CN(C)C1CNC1. The summed E-state index contributed by atoms with van der Waals surface area (Å²) >= 11 is 0. The largest absolute Gasteiger partial charge is 0.325 e. The quantitative estimate of drug-likeness (QED) is 0.810. The summed E-state index contributed by atoms with van der Waals surface area (Å²) in [5.41, 5.74) is 1.99. The fraction of sp³-hybridized carbons (Fsp3) is 0.462. The van der Waals surface area contributed by atoms with Gasteiger partial charge in [-0.3, -0.25) is 9.69 Å². The zero-order valence-corrected chi connectivity index (χ0v) is 10.4. The third kappa shape index (κ3) is 3.05. The number of aryl methyl sites for hydroxylation is 1. The number of carbonyl (C=O) groups is 1. The minimum Gasteiger partial charge on any atom is -0.325 e. The van der Waals surface area contributed by atoms with E-state index >= 15 is 0 Å². The predicted octanol–water partition coefficient (Wildman–Crippen LogP) is 0.837. The first-order chi connectivity index (χ1) is 8.16. The fourth-order valence-electron chi connectivity index (χ4n) is 1.84. The number of hydrogen-bond acceptors (Lipinski definition) is 3. The molecule has 17 heavy (non-hydrogen) atoms. The Morgan fingerprint density at radius 3 is 2.76 bits per heavy atom. The topological polar surface area (TPSA) is 44.4 Å². The zero-order chi connectivity index (χ0) is 12.3. The van der Waals surface area contributed by atoms with Crippen molar-refractivity contribution >= 4 is 11.6 Å². The van der Waals surface area contributed by atoms with E-state index in [0.29, 0.717) is 12.6 Å². The lowest BCUT2D eigenvalue weighted by atomic mass is 10.1. The summed E-state index contributed by atoms with van der Waals surface area (Å²) in [5, 5.41) is 6.14. The van der Waals surface area contributed by atoms with Crippen LogP contribution in [0.5, 0.6) is 0 Å². The average Bonchev–Trinajstić information content (AvgIpc) is 2.18. The smallest absolute Gasteiger partial charge is 0.238 e. The van der Waals surface area contributed by atoms with Gasteiger partial charge in [0.25, 0.3) is 0 Å². The number of hydrogen-bond donors (Lipinski definition) is 2. The van der Waals surface area contributed by atoms with Crippen molar-refractivity contribution in [1.82, 2.24) is 10.2 Å². The third-order valence-corrected chi connectivity index (χ3v) is 3.20. The van der Waals surface area contributed by atoms with E-state index < -0.39 is 0 Å². The Hall–Kier alpha value is -1.39. The molecule has 0 aliphatic carbocycles. The lowest BCUT2D eigenvalue weighted by molar-refractivity contribution is -0.117. The minimum absolute atomic E-state index is 0.0497. The van der Waals surface area contributed by atoms with Crippen molar-refractivity contribution in [3.05, 3.63) is 29.8 Å². The Balaban J connectivity index is 1.86. The maximum Gasteiger partial charge on any atom is 0.238 e. The molecular formula is C13H19N3O. The number of rotatable bonds is 4. The summed E-state index contributed by atoms with van der Waals surface area (Å²) < 4.78 is 0. The number of carbonyl (C=O) groups excluding carboxylic acids is 1. The summed E-state index contributed by atoms with van der Waals surface area (Å²) in [4.78, 5) is 13.9. The van der Waals surface area contributed by atoms with E-state index in [9.17, 15) is 4.79 Å². The van der Waals surface area contributed by atoms with Crippen molar-refractivity contribution in [2.45, 2.75) is 13.0 Å². The van der Waals surface area contributed by atoms with Gasteiger partial charge in [0, 0.05) is 24.8 Å². The number of nitrogens with one attached hydrogen (secondary N) is 2. The van der Waals surface area contributed by atoms with Crippen molar-refractivity contribution in [3.63, 3.8) is 0 Å². The Morgan fingerprint density at radius 1 is 1.47 bits per heavy atom. The van der Waals surface area contributed by atoms with Crippen LogP contribution in [0.1, 0.15) is 5.56 Å². The van der Waals surface area contributed by atoms with E-state index in [1.165, 1.54) is 0 Å². The molecule has 0 aromatic heterocycles. The predicted molar refractivity (Wildman–Crippen MR) is 69.1 cm³/mol. The molecule has 0 unspecified atom stereocenters. The minimum atomic E-state index is 0.0497. The molecule has 1 aliphatic heterocycles. The molecule has 0 bridgehead atoms. The molecule has 1 saturated heterocycles. The second kappa shape index (κ2) is 5.29. The summed E-state index contributed by atoms with van der Waals surface area (Å²) in [6.45, 7) is 4.40.